The number of nitrogens with zero attached hydrogens (tertiary/aromatic N) is 4. The largest absolute Gasteiger partial charge is 0.494 e. The molecule has 1 aliphatic heterocycles. The predicted octanol–water partition coefficient (Wildman–Crippen LogP) is 8.49. The maximum absolute atomic E-state index is 14.6. The maximum atomic E-state index is 14.6. The first-order valence-electron chi connectivity index (χ1n) is 15.7. The Kier molecular flexibility index (Phi) is 8.65. The summed E-state index contributed by atoms with van der Waals surface area (Å²) >= 11 is 13.4. The molecule has 4 heterocycles. The van der Waals surface area contributed by atoms with Crippen LogP contribution in [0.2, 0.25) is 10.0 Å². The summed E-state index contributed by atoms with van der Waals surface area (Å²) < 4.78 is 15.7. The summed E-state index contributed by atoms with van der Waals surface area (Å²) in [5, 5.41) is 16.3. The van der Waals surface area contributed by atoms with E-state index in [4.69, 9.17) is 32.4 Å². The zero-order valence-corrected chi connectivity index (χ0v) is 29.1. The van der Waals surface area contributed by atoms with E-state index in [0.29, 0.717) is 35.9 Å². The first kappa shape index (κ1) is 32.7. The Labute approximate surface area is 283 Å². The third-order valence-electron chi connectivity index (χ3n) is 9.49. The van der Waals surface area contributed by atoms with Crippen molar-refractivity contribution in [2.45, 2.75) is 73.0 Å². The molecule has 6 rings (SSSR count). The zero-order chi connectivity index (χ0) is 33.9. The standard InChI is InChI=1S/C36H38Cl2N4O5/c1-18-15-25(16-19(2)32(18)38)46-14-8-9-26-27-11-12-28(37)31(30-20(3)39-40(7)23(30)6)33(27)42-22(5)21(4)41(35(43)34(26)42)17-24-10-13-29(47-24)36(44)45/h10-13,15-16,21-22H,8-9,14,17H2,1-7H3,(H,44,45). The molecule has 0 aliphatic carbocycles. The van der Waals surface area contributed by atoms with Gasteiger partial charge in [-0.3, -0.25) is 9.48 Å². The molecule has 2 atom stereocenters. The average Bonchev–Trinajstić information content (AvgIpc) is 3.69. The van der Waals surface area contributed by atoms with Crippen molar-refractivity contribution < 1.29 is 23.8 Å². The Hall–Kier alpha value is -4.21. The van der Waals surface area contributed by atoms with Gasteiger partial charge in [0.2, 0.25) is 5.76 Å². The molecular weight excluding hydrogens is 639 g/mol. The van der Waals surface area contributed by atoms with Crippen LogP contribution < -0.4 is 4.74 Å². The van der Waals surface area contributed by atoms with Gasteiger partial charge in [0.25, 0.3) is 5.91 Å². The van der Waals surface area contributed by atoms with E-state index >= 15 is 0 Å². The van der Waals surface area contributed by atoms with Crippen LogP contribution in [-0.4, -0.2) is 48.9 Å². The smallest absolute Gasteiger partial charge is 0.371 e. The number of carboxylic acid groups (broad SMARTS) is 1. The summed E-state index contributed by atoms with van der Waals surface area (Å²) in [5.41, 5.74) is 7.99. The Morgan fingerprint density at radius 3 is 2.34 bits per heavy atom. The highest BCUT2D eigenvalue weighted by Gasteiger charge is 2.40. The van der Waals surface area contributed by atoms with Crippen molar-refractivity contribution >= 4 is 46.0 Å². The number of hydrogen-bond acceptors (Lipinski definition) is 5. The number of aromatic carboxylic acids is 1. The van der Waals surface area contributed by atoms with Crippen molar-refractivity contribution in [3.8, 4) is 16.9 Å². The maximum Gasteiger partial charge on any atom is 0.371 e. The van der Waals surface area contributed by atoms with Gasteiger partial charge in [-0.25, -0.2) is 4.79 Å². The van der Waals surface area contributed by atoms with Crippen LogP contribution in [-0.2, 0) is 20.0 Å². The molecule has 9 nitrogen and oxygen atoms in total. The molecule has 246 valence electrons. The first-order valence-corrected chi connectivity index (χ1v) is 16.4. The molecule has 0 saturated heterocycles. The van der Waals surface area contributed by atoms with Gasteiger partial charge >= 0.3 is 5.97 Å². The number of fused-ring (bicyclic) bond motifs is 3. The van der Waals surface area contributed by atoms with E-state index in [1.807, 2.05) is 70.6 Å². The Morgan fingerprint density at radius 1 is 1.02 bits per heavy atom. The van der Waals surface area contributed by atoms with Crippen molar-refractivity contribution in [3.63, 3.8) is 0 Å². The van der Waals surface area contributed by atoms with Gasteiger partial charge in [-0.05, 0) is 101 Å². The number of benzene rings is 2. The topological polar surface area (TPSA) is 103 Å². The van der Waals surface area contributed by atoms with Crippen LogP contribution in [0.1, 0.15) is 81.2 Å². The number of rotatable bonds is 9. The molecule has 0 bridgehead atoms. The summed E-state index contributed by atoms with van der Waals surface area (Å²) in [6.45, 7) is 12.6. The Balaban J connectivity index is 1.46. The lowest BCUT2D eigenvalue weighted by atomic mass is 9.98. The van der Waals surface area contributed by atoms with Crippen LogP contribution in [0.25, 0.3) is 22.0 Å². The van der Waals surface area contributed by atoms with Crippen molar-refractivity contribution in [1.29, 1.82) is 0 Å². The van der Waals surface area contributed by atoms with E-state index in [-0.39, 0.29) is 30.3 Å². The third-order valence-corrected chi connectivity index (χ3v) is 10.4. The molecule has 1 N–H and O–H groups in total. The normalized spacial score (nSPS) is 16.3. The molecule has 47 heavy (non-hydrogen) atoms. The number of halogens is 2. The molecule has 2 aromatic carbocycles. The first-order chi connectivity index (χ1) is 22.3. The lowest BCUT2D eigenvalue weighted by Crippen LogP contribution is -2.48. The number of aromatic nitrogens is 3. The minimum absolute atomic E-state index is 0.140. The van der Waals surface area contributed by atoms with Crippen LogP contribution in [0.15, 0.2) is 40.8 Å². The third kappa shape index (κ3) is 5.59. The number of amides is 1. The fourth-order valence-corrected chi connectivity index (χ4v) is 7.25. The summed E-state index contributed by atoms with van der Waals surface area (Å²) in [5.74, 6) is -0.294. The Bertz CT molecular complexity index is 2030. The van der Waals surface area contributed by atoms with Gasteiger partial charge in [0.15, 0.2) is 0 Å². The molecule has 1 amide bonds. The molecular formula is C36H38Cl2N4O5. The molecule has 11 heteroatoms. The molecule has 5 aromatic rings. The van der Waals surface area contributed by atoms with E-state index in [9.17, 15) is 14.7 Å². The van der Waals surface area contributed by atoms with Gasteiger partial charge in [-0.2, -0.15) is 5.10 Å². The van der Waals surface area contributed by atoms with E-state index in [2.05, 4.69) is 16.6 Å². The Morgan fingerprint density at radius 2 is 1.72 bits per heavy atom. The van der Waals surface area contributed by atoms with E-state index in [1.54, 1.807) is 11.0 Å². The van der Waals surface area contributed by atoms with Crippen LogP contribution >= 0.6 is 23.2 Å². The second-order valence-corrected chi connectivity index (χ2v) is 13.3. The molecule has 0 fully saturated rings. The molecule has 0 radical (unpaired) electrons. The van der Waals surface area contributed by atoms with Crippen LogP contribution in [0.3, 0.4) is 0 Å². The van der Waals surface area contributed by atoms with Crippen molar-refractivity contribution in [2.75, 3.05) is 6.61 Å². The number of aryl methyl sites for hydroxylation is 5. The van der Waals surface area contributed by atoms with Crippen molar-refractivity contribution in [3.05, 3.63) is 91.7 Å². The number of carboxylic acids is 1. The quantitative estimate of drug-likeness (QED) is 0.157. The summed E-state index contributed by atoms with van der Waals surface area (Å²) in [4.78, 5) is 27.8. The highest BCUT2D eigenvalue weighted by Crippen LogP contribution is 2.45. The van der Waals surface area contributed by atoms with Crippen LogP contribution in [0.5, 0.6) is 5.75 Å². The van der Waals surface area contributed by atoms with Gasteiger partial charge in [0.1, 0.15) is 17.2 Å². The van der Waals surface area contributed by atoms with Gasteiger partial charge in [0, 0.05) is 34.3 Å². The van der Waals surface area contributed by atoms with Crippen LogP contribution in [0.4, 0.5) is 0 Å². The molecule has 3 aromatic heterocycles. The number of carbonyl (C=O) groups excluding carboxylic acids is 1. The molecule has 1 aliphatic rings. The fourth-order valence-electron chi connectivity index (χ4n) is 6.90. The van der Waals surface area contributed by atoms with Crippen molar-refractivity contribution in [1.82, 2.24) is 19.2 Å². The van der Waals surface area contributed by atoms with Gasteiger partial charge < -0.3 is 23.7 Å². The zero-order valence-electron chi connectivity index (χ0n) is 27.6. The SMILES string of the molecule is Cc1cc(OCCCc2c3n(c4c(-c5c(C)nn(C)c5C)c(Cl)ccc24)C(C)C(C)N(Cc2ccc(C(=O)O)o2)C3=O)cc(C)c1Cl. The van der Waals surface area contributed by atoms with E-state index in [1.165, 1.54) is 6.07 Å². The van der Waals surface area contributed by atoms with Gasteiger partial charge in [-0.15, -0.1) is 0 Å². The lowest BCUT2D eigenvalue weighted by molar-refractivity contribution is 0.0523. The number of hydrogen-bond donors (Lipinski definition) is 1. The van der Waals surface area contributed by atoms with Gasteiger partial charge in [-0.1, -0.05) is 29.3 Å². The number of ether oxygens (including phenoxy) is 1. The fraction of sp³-hybridized carbons (Fsp3) is 0.361. The monoisotopic (exact) mass is 676 g/mol. The lowest BCUT2D eigenvalue weighted by Gasteiger charge is -2.39. The van der Waals surface area contributed by atoms with E-state index in [0.717, 1.165) is 60.9 Å². The highest BCUT2D eigenvalue weighted by molar-refractivity contribution is 6.35. The number of carbonyl (C=O) groups is 2. The predicted molar refractivity (Wildman–Crippen MR) is 183 cm³/mol. The highest BCUT2D eigenvalue weighted by atomic mass is 35.5. The van der Waals surface area contributed by atoms with Crippen LogP contribution in [0, 0.1) is 27.7 Å². The summed E-state index contributed by atoms with van der Waals surface area (Å²) in [6.07, 6.45) is 1.24. The molecule has 0 saturated carbocycles. The minimum atomic E-state index is -1.15. The number of furan rings is 1. The molecule has 0 spiro atoms. The second kappa shape index (κ2) is 12.4. The summed E-state index contributed by atoms with van der Waals surface area (Å²) in [6, 6.07) is 10.4. The van der Waals surface area contributed by atoms with Gasteiger partial charge in [0.05, 0.1) is 41.5 Å². The van der Waals surface area contributed by atoms with E-state index < -0.39 is 5.97 Å². The minimum Gasteiger partial charge on any atom is -0.494 e. The summed E-state index contributed by atoms with van der Waals surface area (Å²) in [7, 11) is 1.92. The van der Waals surface area contributed by atoms with Crippen molar-refractivity contribution in [2.24, 2.45) is 7.05 Å². The molecule has 2 unspecified atom stereocenters. The second-order valence-electron chi connectivity index (χ2n) is 12.5. The average molecular weight is 678 g/mol.